The van der Waals surface area contributed by atoms with Gasteiger partial charge in [-0.3, -0.25) is 5.32 Å². The van der Waals surface area contributed by atoms with E-state index in [0.717, 1.165) is 10.9 Å². The van der Waals surface area contributed by atoms with Gasteiger partial charge in [-0.25, -0.2) is 14.5 Å². The summed E-state index contributed by atoms with van der Waals surface area (Å²) in [7, 11) is 0. The molecule has 0 aliphatic heterocycles. The molecule has 0 fully saturated rings. The predicted octanol–water partition coefficient (Wildman–Crippen LogP) is 2.95. The summed E-state index contributed by atoms with van der Waals surface area (Å²) in [5, 5.41) is 17.5. The lowest BCUT2D eigenvalue weighted by Gasteiger charge is -2.13. The molecule has 160 valence electrons. The molecule has 1 atom stereocenters. The molecular formula is C21H27N5O4. The van der Waals surface area contributed by atoms with E-state index in [2.05, 4.69) is 10.4 Å². The topological polar surface area (TPSA) is 125 Å². The number of carbonyl (C=O) groups excluding carboxylic acids is 1. The second-order valence-electron chi connectivity index (χ2n) is 7.05. The van der Waals surface area contributed by atoms with Crippen LogP contribution in [0.4, 0.5) is 10.5 Å². The van der Waals surface area contributed by atoms with Gasteiger partial charge >= 0.3 is 6.09 Å². The van der Waals surface area contributed by atoms with Crippen molar-refractivity contribution in [3.63, 3.8) is 0 Å². The number of aliphatic hydroxyl groups is 1. The van der Waals surface area contributed by atoms with Crippen molar-refractivity contribution in [3.05, 3.63) is 36.5 Å². The summed E-state index contributed by atoms with van der Waals surface area (Å²) in [5.41, 5.74) is 8.07. The highest BCUT2D eigenvalue weighted by molar-refractivity contribution is 5.99. The number of carbonyl (C=O) groups is 1. The normalized spacial score (nSPS) is 12.2. The number of aliphatic hydroxyl groups excluding tert-OH is 1. The molecule has 2 aromatic heterocycles. The zero-order valence-corrected chi connectivity index (χ0v) is 17.3. The quantitative estimate of drug-likeness (QED) is 0.518. The average Bonchev–Trinajstić information content (AvgIpc) is 3.17. The predicted molar refractivity (Wildman–Crippen MR) is 115 cm³/mol. The maximum atomic E-state index is 12.0. The standard InChI is InChI=1S/C21H27N5O4/c1-4-29-21(28)25-19-9-18(24-20-17(19)11-23-26(20)13(2)3)14-6-5-7-16(8-14)30-12-15(27)10-22/h5-9,11,13,15,27H,4,10,12,22H2,1-3H3,(H,24,25,28). The van der Waals surface area contributed by atoms with Gasteiger partial charge < -0.3 is 20.3 Å². The van der Waals surface area contributed by atoms with E-state index in [1.807, 2.05) is 32.0 Å². The van der Waals surface area contributed by atoms with Crippen molar-refractivity contribution >= 4 is 22.8 Å². The molecule has 30 heavy (non-hydrogen) atoms. The third kappa shape index (κ3) is 4.87. The number of nitrogens with one attached hydrogen (secondary N) is 1. The Bertz CT molecular complexity index is 1020. The molecule has 1 unspecified atom stereocenters. The molecule has 0 radical (unpaired) electrons. The van der Waals surface area contributed by atoms with Crippen molar-refractivity contribution in [2.24, 2.45) is 5.73 Å². The van der Waals surface area contributed by atoms with E-state index in [9.17, 15) is 9.90 Å². The number of amides is 1. The number of pyridine rings is 1. The Hall–Kier alpha value is -3.17. The number of aromatic nitrogens is 3. The Morgan fingerprint density at radius 3 is 2.83 bits per heavy atom. The van der Waals surface area contributed by atoms with Crippen LogP contribution in [0.2, 0.25) is 0 Å². The monoisotopic (exact) mass is 413 g/mol. The summed E-state index contributed by atoms with van der Waals surface area (Å²) >= 11 is 0. The highest BCUT2D eigenvalue weighted by Crippen LogP contribution is 2.31. The van der Waals surface area contributed by atoms with Gasteiger partial charge in [0.2, 0.25) is 0 Å². The van der Waals surface area contributed by atoms with Crippen molar-refractivity contribution in [2.75, 3.05) is 25.1 Å². The van der Waals surface area contributed by atoms with Crippen molar-refractivity contribution in [2.45, 2.75) is 32.9 Å². The fraction of sp³-hybridized carbons (Fsp3) is 0.381. The van der Waals surface area contributed by atoms with Crippen LogP contribution in [0.1, 0.15) is 26.8 Å². The number of fused-ring (bicyclic) bond motifs is 1. The second-order valence-corrected chi connectivity index (χ2v) is 7.05. The molecule has 0 saturated heterocycles. The smallest absolute Gasteiger partial charge is 0.411 e. The van der Waals surface area contributed by atoms with Crippen molar-refractivity contribution < 1.29 is 19.4 Å². The molecule has 0 aliphatic rings. The Balaban J connectivity index is 2.02. The Labute approximate surface area is 174 Å². The van der Waals surface area contributed by atoms with Crippen LogP contribution in [0, 0.1) is 0 Å². The lowest BCUT2D eigenvalue weighted by Crippen LogP contribution is -2.26. The van der Waals surface area contributed by atoms with E-state index in [4.69, 9.17) is 20.2 Å². The number of anilines is 1. The maximum absolute atomic E-state index is 12.0. The molecule has 0 aliphatic carbocycles. The molecule has 9 heteroatoms. The molecule has 2 heterocycles. The van der Waals surface area contributed by atoms with Gasteiger partial charge in [0.1, 0.15) is 18.5 Å². The Kier molecular flexibility index (Phi) is 6.86. The lowest BCUT2D eigenvalue weighted by atomic mass is 10.1. The highest BCUT2D eigenvalue weighted by Gasteiger charge is 2.16. The molecule has 9 nitrogen and oxygen atoms in total. The van der Waals surface area contributed by atoms with E-state index in [1.54, 1.807) is 29.9 Å². The summed E-state index contributed by atoms with van der Waals surface area (Å²) in [5.74, 6) is 0.583. The van der Waals surface area contributed by atoms with Gasteiger partial charge in [0, 0.05) is 18.2 Å². The molecule has 0 bridgehead atoms. The summed E-state index contributed by atoms with van der Waals surface area (Å²) in [6, 6.07) is 9.21. The summed E-state index contributed by atoms with van der Waals surface area (Å²) in [4.78, 5) is 16.8. The van der Waals surface area contributed by atoms with Gasteiger partial charge in [-0.1, -0.05) is 12.1 Å². The molecule has 4 N–H and O–H groups in total. The van der Waals surface area contributed by atoms with Gasteiger partial charge in [0.15, 0.2) is 5.65 Å². The Morgan fingerprint density at radius 1 is 1.33 bits per heavy atom. The molecular weight excluding hydrogens is 386 g/mol. The van der Waals surface area contributed by atoms with Crippen molar-refractivity contribution in [3.8, 4) is 17.0 Å². The van der Waals surface area contributed by atoms with Gasteiger partial charge in [-0.05, 0) is 39.0 Å². The summed E-state index contributed by atoms with van der Waals surface area (Å²) < 4.78 is 12.4. The van der Waals surface area contributed by atoms with Gasteiger partial charge in [-0.15, -0.1) is 0 Å². The van der Waals surface area contributed by atoms with Gasteiger partial charge in [0.25, 0.3) is 0 Å². The van der Waals surface area contributed by atoms with E-state index < -0.39 is 12.2 Å². The number of hydrogen-bond acceptors (Lipinski definition) is 7. The van der Waals surface area contributed by atoms with Crippen LogP contribution in [0.3, 0.4) is 0 Å². The first-order chi connectivity index (χ1) is 14.4. The van der Waals surface area contributed by atoms with E-state index in [1.165, 1.54) is 0 Å². The molecule has 3 rings (SSSR count). The fourth-order valence-corrected chi connectivity index (χ4v) is 2.93. The van der Waals surface area contributed by atoms with Gasteiger partial charge in [-0.2, -0.15) is 5.10 Å². The van der Waals surface area contributed by atoms with E-state index >= 15 is 0 Å². The van der Waals surface area contributed by atoms with Gasteiger partial charge in [0.05, 0.1) is 29.6 Å². The minimum atomic E-state index is -0.732. The Morgan fingerprint density at radius 2 is 2.13 bits per heavy atom. The summed E-state index contributed by atoms with van der Waals surface area (Å²) in [6.45, 7) is 6.26. The number of nitrogens with two attached hydrogens (primary N) is 1. The van der Waals surface area contributed by atoms with Crippen LogP contribution in [-0.4, -0.2) is 51.8 Å². The third-order valence-electron chi connectivity index (χ3n) is 4.41. The fourth-order valence-electron chi connectivity index (χ4n) is 2.93. The van der Waals surface area contributed by atoms with Crippen LogP contribution in [0.15, 0.2) is 36.5 Å². The SMILES string of the molecule is CCOC(=O)Nc1cc(-c2cccc(OCC(O)CN)c2)nc2c1cnn2C(C)C. The van der Waals surface area contributed by atoms with Crippen LogP contribution in [-0.2, 0) is 4.74 Å². The molecule has 1 aromatic carbocycles. The van der Waals surface area contributed by atoms with Crippen LogP contribution in [0.25, 0.3) is 22.3 Å². The number of benzene rings is 1. The van der Waals surface area contributed by atoms with Crippen molar-refractivity contribution in [1.29, 1.82) is 0 Å². The number of hydrogen-bond donors (Lipinski definition) is 3. The van der Waals surface area contributed by atoms with E-state index in [0.29, 0.717) is 22.8 Å². The third-order valence-corrected chi connectivity index (χ3v) is 4.41. The summed E-state index contributed by atoms with van der Waals surface area (Å²) in [6.07, 6.45) is 0.409. The highest BCUT2D eigenvalue weighted by atomic mass is 16.5. The molecule has 0 spiro atoms. The number of nitrogens with zero attached hydrogens (tertiary/aromatic N) is 3. The zero-order valence-electron chi connectivity index (χ0n) is 17.3. The average molecular weight is 413 g/mol. The number of ether oxygens (including phenoxy) is 2. The van der Waals surface area contributed by atoms with Crippen LogP contribution in [0.5, 0.6) is 5.75 Å². The van der Waals surface area contributed by atoms with Crippen molar-refractivity contribution in [1.82, 2.24) is 14.8 Å². The molecule has 1 amide bonds. The molecule has 3 aromatic rings. The minimum absolute atomic E-state index is 0.0908. The first-order valence-corrected chi connectivity index (χ1v) is 9.86. The van der Waals surface area contributed by atoms with Crippen LogP contribution >= 0.6 is 0 Å². The largest absolute Gasteiger partial charge is 0.491 e. The second kappa shape index (κ2) is 9.55. The van der Waals surface area contributed by atoms with Crippen LogP contribution < -0.4 is 15.8 Å². The first kappa shape index (κ1) is 21.5. The first-order valence-electron chi connectivity index (χ1n) is 9.86. The molecule has 0 saturated carbocycles. The lowest BCUT2D eigenvalue weighted by molar-refractivity contribution is 0.114. The minimum Gasteiger partial charge on any atom is -0.491 e. The number of rotatable bonds is 8. The zero-order chi connectivity index (χ0) is 21.7. The maximum Gasteiger partial charge on any atom is 0.411 e. The van der Waals surface area contributed by atoms with E-state index in [-0.39, 0.29) is 25.8 Å².